The maximum Gasteiger partial charge on any atom is 0.573 e. The van der Waals surface area contributed by atoms with Crippen molar-refractivity contribution >= 4 is 27.7 Å². The van der Waals surface area contributed by atoms with Crippen LogP contribution in [-0.2, 0) is 17.6 Å². The van der Waals surface area contributed by atoms with Crippen molar-refractivity contribution in [3.05, 3.63) is 75.8 Å². The van der Waals surface area contributed by atoms with E-state index in [0.717, 1.165) is 35.7 Å². The van der Waals surface area contributed by atoms with E-state index in [1.807, 2.05) is 12.1 Å². The van der Waals surface area contributed by atoms with Crippen LogP contribution in [0.2, 0.25) is 0 Å². The van der Waals surface area contributed by atoms with Crippen molar-refractivity contribution in [1.82, 2.24) is 24.6 Å². The van der Waals surface area contributed by atoms with Crippen LogP contribution in [-0.4, -0.2) is 67.5 Å². The van der Waals surface area contributed by atoms with Crippen molar-refractivity contribution in [2.45, 2.75) is 50.4 Å². The van der Waals surface area contributed by atoms with Gasteiger partial charge in [0.1, 0.15) is 16.0 Å². The number of ether oxygens (including phenoxy) is 1. The number of carbonyl (C=O) groups excluding carboxylic acids is 2. The zero-order valence-electron chi connectivity index (χ0n) is 22.4. The molecule has 3 aromatic rings. The van der Waals surface area contributed by atoms with Gasteiger partial charge in [0, 0.05) is 44.2 Å². The molecule has 3 aliphatic rings. The molecule has 4 heterocycles. The number of hydrogen-bond donors (Lipinski definition) is 1. The van der Waals surface area contributed by atoms with Crippen molar-refractivity contribution in [3.8, 4) is 17.2 Å². The lowest BCUT2D eigenvalue weighted by Crippen LogP contribution is -2.45. The number of benzene rings is 1. The van der Waals surface area contributed by atoms with Crippen molar-refractivity contribution in [2.24, 2.45) is 0 Å². The van der Waals surface area contributed by atoms with Crippen LogP contribution in [0.25, 0.3) is 5.69 Å². The molecule has 1 aliphatic carbocycles. The van der Waals surface area contributed by atoms with Crippen LogP contribution in [0.5, 0.6) is 11.5 Å². The van der Waals surface area contributed by atoms with Gasteiger partial charge in [-0.15, -0.1) is 13.2 Å². The summed E-state index contributed by atoms with van der Waals surface area (Å²) in [6, 6.07) is 6.03. The number of pyridine rings is 1. The summed E-state index contributed by atoms with van der Waals surface area (Å²) in [5.74, 6) is -0.931. The minimum absolute atomic E-state index is 0.0927. The standard InChI is InChI=1S/C29H27BrF3N5O4/c1-2-25(40)36-10-8-19-26-21(38(35-19)20-7-6-17(12-23(20)39)16-4-3-5-16)9-11-37(22(26)15-36)28(41)18-13-24(27(30)34-14-18)42-29(31,32)33/h2,6-7,12-14,16,22,39H,1,3-5,8-11,15H2. The van der Waals surface area contributed by atoms with Gasteiger partial charge in [-0.05, 0) is 64.5 Å². The third-order valence-electron chi connectivity index (χ3n) is 8.24. The molecule has 0 spiro atoms. The molecule has 2 amide bonds. The summed E-state index contributed by atoms with van der Waals surface area (Å²) < 4.78 is 44.4. The molecule has 1 aromatic carbocycles. The molecule has 0 radical (unpaired) electrons. The Morgan fingerprint density at radius 2 is 1.95 bits per heavy atom. The number of phenolic OH excluding ortho intramolecular Hbond substituents is 1. The Kier molecular flexibility index (Phi) is 7.24. The molecule has 1 fully saturated rings. The lowest BCUT2D eigenvalue weighted by atomic mass is 9.80. The van der Waals surface area contributed by atoms with E-state index < -0.39 is 24.1 Å². The second-order valence-electron chi connectivity index (χ2n) is 10.7. The number of phenols is 1. The van der Waals surface area contributed by atoms with Crippen LogP contribution >= 0.6 is 15.9 Å². The first-order valence-electron chi connectivity index (χ1n) is 13.6. The first kappa shape index (κ1) is 28.3. The zero-order valence-corrected chi connectivity index (χ0v) is 24.0. The van der Waals surface area contributed by atoms with Gasteiger partial charge in [-0.1, -0.05) is 19.1 Å². The fraction of sp³-hybridized carbons (Fsp3) is 0.379. The van der Waals surface area contributed by atoms with Gasteiger partial charge < -0.3 is 19.6 Å². The molecule has 1 N–H and O–H groups in total. The predicted molar refractivity (Wildman–Crippen MR) is 148 cm³/mol. The Morgan fingerprint density at radius 3 is 2.62 bits per heavy atom. The topological polar surface area (TPSA) is 101 Å². The van der Waals surface area contributed by atoms with Crippen LogP contribution < -0.4 is 4.74 Å². The molecule has 220 valence electrons. The molecule has 6 rings (SSSR count). The van der Waals surface area contributed by atoms with Gasteiger partial charge in [0.15, 0.2) is 5.75 Å². The number of halogens is 4. The quantitative estimate of drug-likeness (QED) is 0.302. The molecule has 0 saturated heterocycles. The molecule has 0 bridgehead atoms. The Labute approximate surface area is 247 Å². The van der Waals surface area contributed by atoms with E-state index in [0.29, 0.717) is 36.7 Å². The molecule has 1 atom stereocenters. The summed E-state index contributed by atoms with van der Waals surface area (Å²) in [7, 11) is 0. The SMILES string of the molecule is C=CC(=O)N1CCc2nn(-c3ccc(C4CCC4)cc3O)c3c2C(C1)N(C(=O)c1cnc(Br)c(OC(F)(F)F)c1)CC3. The summed E-state index contributed by atoms with van der Waals surface area (Å²) in [6.07, 6.45) is 1.59. The minimum Gasteiger partial charge on any atom is -0.506 e. The molecule has 2 aliphatic heterocycles. The minimum atomic E-state index is -4.97. The predicted octanol–water partition coefficient (Wildman–Crippen LogP) is 5.21. The summed E-state index contributed by atoms with van der Waals surface area (Å²) in [4.78, 5) is 33.5. The number of aromatic nitrogens is 3. The van der Waals surface area contributed by atoms with Crippen LogP contribution in [0.3, 0.4) is 0 Å². The third kappa shape index (κ3) is 5.14. The second kappa shape index (κ2) is 10.8. The van der Waals surface area contributed by atoms with Gasteiger partial charge in [0.05, 0.1) is 23.0 Å². The second-order valence-corrected chi connectivity index (χ2v) is 11.4. The van der Waals surface area contributed by atoms with Crippen molar-refractivity contribution in [2.75, 3.05) is 19.6 Å². The van der Waals surface area contributed by atoms with Gasteiger partial charge in [-0.25, -0.2) is 9.67 Å². The Hall–Kier alpha value is -3.87. The van der Waals surface area contributed by atoms with E-state index in [4.69, 9.17) is 5.10 Å². The molecule has 13 heteroatoms. The average Bonchev–Trinajstić information content (AvgIpc) is 3.17. The molecule has 1 unspecified atom stereocenters. The Bertz CT molecular complexity index is 1590. The molecule has 42 heavy (non-hydrogen) atoms. The van der Waals surface area contributed by atoms with Crippen LogP contribution in [0.4, 0.5) is 13.2 Å². The highest BCUT2D eigenvalue weighted by Crippen LogP contribution is 2.41. The number of carbonyl (C=O) groups is 2. The van der Waals surface area contributed by atoms with Crippen molar-refractivity contribution < 1.29 is 32.6 Å². The van der Waals surface area contributed by atoms with E-state index in [9.17, 15) is 27.9 Å². The Balaban J connectivity index is 1.39. The van der Waals surface area contributed by atoms with Gasteiger partial charge in [0.2, 0.25) is 5.91 Å². The zero-order chi connectivity index (χ0) is 29.8. The highest BCUT2D eigenvalue weighted by atomic mass is 79.9. The van der Waals surface area contributed by atoms with Crippen molar-refractivity contribution in [1.29, 1.82) is 0 Å². The lowest BCUT2D eigenvalue weighted by Gasteiger charge is -2.38. The van der Waals surface area contributed by atoms with Crippen LogP contribution in [0, 0.1) is 0 Å². The van der Waals surface area contributed by atoms with Crippen LogP contribution in [0.15, 0.2) is 47.7 Å². The molecular weight excluding hydrogens is 619 g/mol. The smallest absolute Gasteiger partial charge is 0.506 e. The first-order chi connectivity index (χ1) is 20.0. The van der Waals surface area contributed by atoms with E-state index in [2.05, 4.69) is 32.2 Å². The summed E-state index contributed by atoms with van der Waals surface area (Å²) in [5.41, 5.74) is 3.80. The summed E-state index contributed by atoms with van der Waals surface area (Å²) >= 11 is 2.94. The number of rotatable bonds is 5. The summed E-state index contributed by atoms with van der Waals surface area (Å²) in [5, 5.41) is 15.9. The monoisotopic (exact) mass is 645 g/mol. The third-order valence-corrected chi connectivity index (χ3v) is 8.84. The Morgan fingerprint density at radius 1 is 1.17 bits per heavy atom. The van der Waals surface area contributed by atoms with Gasteiger partial charge >= 0.3 is 6.36 Å². The lowest BCUT2D eigenvalue weighted by molar-refractivity contribution is -0.275. The molecule has 2 aromatic heterocycles. The van der Waals surface area contributed by atoms with Gasteiger partial charge in [0.25, 0.3) is 5.91 Å². The van der Waals surface area contributed by atoms with E-state index >= 15 is 0 Å². The average molecular weight is 646 g/mol. The van der Waals surface area contributed by atoms with Gasteiger partial charge in [-0.2, -0.15) is 5.10 Å². The number of hydrogen-bond acceptors (Lipinski definition) is 6. The molecule has 9 nitrogen and oxygen atoms in total. The molecule has 1 saturated carbocycles. The number of aromatic hydroxyl groups is 1. The first-order valence-corrected chi connectivity index (χ1v) is 14.4. The number of amides is 2. The van der Waals surface area contributed by atoms with E-state index in [1.54, 1.807) is 15.6 Å². The number of alkyl halides is 3. The summed E-state index contributed by atoms with van der Waals surface area (Å²) in [6.45, 7) is 4.27. The maximum absolute atomic E-state index is 13.8. The molecular formula is C29H27BrF3N5O4. The van der Waals surface area contributed by atoms with E-state index in [-0.39, 0.29) is 34.9 Å². The van der Waals surface area contributed by atoms with Gasteiger partial charge in [-0.3, -0.25) is 9.59 Å². The fourth-order valence-corrected chi connectivity index (χ4v) is 6.29. The highest BCUT2D eigenvalue weighted by Gasteiger charge is 2.41. The maximum atomic E-state index is 13.8. The van der Waals surface area contributed by atoms with Crippen molar-refractivity contribution in [3.63, 3.8) is 0 Å². The van der Waals surface area contributed by atoms with Crippen LogP contribution in [0.1, 0.15) is 64.1 Å². The number of nitrogens with zero attached hydrogens (tertiary/aromatic N) is 5. The van der Waals surface area contributed by atoms with E-state index in [1.165, 1.54) is 23.6 Å². The largest absolute Gasteiger partial charge is 0.573 e. The fourth-order valence-electron chi connectivity index (χ4n) is 5.99. The highest BCUT2D eigenvalue weighted by molar-refractivity contribution is 9.10. The normalized spacial score (nSPS) is 18.6.